The van der Waals surface area contributed by atoms with Gasteiger partial charge in [-0.15, -0.1) is 23.1 Å². The second-order valence-corrected chi connectivity index (χ2v) is 9.99. The molecule has 4 aromatic rings. The normalized spacial score (nSPS) is 15.2. The van der Waals surface area contributed by atoms with E-state index in [1.807, 2.05) is 18.2 Å². The summed E-state index contributed by atoms with van der Waals surface area (Å²) in [5.74, 6) is 0.265. The Hall–Kier alpha value is -2.88. The van der Waals surface area contributed by atoms with E-state index in [0.717, 1.165) is 52.4 Å². The molecule has 4 aromatic heterocycles. The van der Waals surface area contributed by atoms with Gasteiger partial charge in [0.25, 0.3) is 5.91 Å². The lowest BCUT2D eigenvalue weighted by molar-refractivity contribution is 0.102. The Labute approximate surface area is 194 Å². The van der Waals surface area contributed by atoms with Gasteiger partial charge in [0.2, 0.25) is 0 Å². The SMILES string of the molecule is CN1CCC(Sc2cc(C(=O)Nc3cc4nc(-c5cncs5)ccc4cn3)ccn2)CC1. The Morgan fingerprint density at radius 3 is 2.84 bits per heavy atom. The quantitative estimate of drug-likeness (QED) is 0.464. The fraction of sp³-hybridized carbons (Fsp3) is 0.261. The van der Waals surface area contributed by atoms with Crippen molar-refractivity contribution in [3.63, 3.8) is 0 Å². The molecule has 1 fully saturated rings. The molecule has 0 spiro atoms. The Balaban J connectivity index is 1.31. The van der Waals surface area contributed by atoms with E-state index in [4.69, 9.17) is 4.98 Å². The van der Waals surface area contributed by atoms with Gasteiger partial charge in [-0.1, -0.05) is 0 Å². The summed E-state index contributed by atoms with van der Waals surface area (Å²) in [7, 11) is 2.15. The minimum atomic E-state index is -0.205. The number of carbonyl (C=O) groups is 1. The number of thiazole rings is 1. The van der Waals surface area contributed by atoms with E-state index in [-0.39, 0.29) is 5.91 Å². The van der Waals surface area contributed by atoms with Crippen LogP contribution in [0.15, 0.2) is 59.5 Å². The van der Waals surface area contributed by atoms with Crippen LogP contribution in [-0.2, 0) is 0 Å². The topological polar surface area (TPSA) is 83.9 Å². The van der Waals surface area contributed by atoms with E-state index in [1.54, 1.807) is 59.3 Å². The maximum absolute atomic E-state index is 12.9. The van der Waals surface area contributed by atoms with Gasteiger partial charge in [0.1, 0.15) is 5.82 Å². The second kappa shape index (κ2) is 9.32. The van der Waals surface area contributed by atoms with E-state index in [9.17, 15) is 4.79 Å². The highest BCUT2D eigenvalue weighted by Crippen LogP contribution is 2.29. The molecule has 9 heteroatoms. The number of piperidine rings is 1. The van der Waals surface area contributed by atoms with Crippen molar-refractivity contribution in [1.82, 2.24) is 24.8 Å². The molecule has 1 amide bonds. The molecule has 0 unspecified atom stereocenters. The van der Waals surface area contributed by atoms with Crippen LogP contribution in [0.1, 0.15) is 23.2 Å². The number of nitrogens with zero attached hydrogens (tertiary/aromatic N) is 5. The summed E-state index contributed by atoms with van der Waals surface area (Å²) in [5.41, 5.74) is 3.99. The lowest BCUT2D eigenvalue weighted by Crippen LogP contribution is -2.31. The van der Waals surface area contributed by atoms with E-state index < -0.39 is 0 Å². The average molecular weight is 463 g/mol. The number of hydrogen-bond acceptors (Lipinski definition) is 8. The number of anilines is 1. The highest BCUT2D eigenvalue weighted by molar-refractivity contribution is 7.99. The molecule has 0 atom stereocenters. The van der Waals surface area contributed by atoms with Gasteiger partial charge in [-0.25, -0.2) is 15.0 Å². The number of aromatic nitrogens is 4. The smallest absolute Gasteiger partial charge is 0.256 e. The van der Waals surface area contributed by atoms with Crippen molar-refractivity contribution in [3.05, 3.63) is 60.0 Å². The molecule has 1 N–H and O–H groups in total. The molecule has 32 heavy (non-hydrogen) atoms. The highest BCUT2D eigenvalue weighted by atomic mass is 32.2. The lowest BCUT2D eigenvalue weighted by Gasteiger charge is -2.28. The minimum absolute atomic E-state index is 0.205. The Morgan fingerprint density at radius 2 is 2.03 bits per heavy atom. The predicted octanol–water partition coefficient (Wildman–Crippen LogP) is 4.59. The van der Waals surface area contributed by atoms with Gasteiger partial charge in [-0.3, -0.25) is 9.78 Å². The largest absolute Gasteiger partial charge is 0.306 e. The van der Waals surface area contributed by atoms with Gasteiger partial charge in [0.15, 0.2) is 0 Å². The molecule has 5 rings (SSSR count). The van der Waals surface area contributed by atoms with Crippen molar-refractivity contribution >= 4 is 45.7 Å². The van der Waals surface area contributed by atoms with E-state index in [1.165, 1.54) is 0 Å². The molecule has 0 aliphatic carbocycles. The van der Waals surface area contributed by atoms with Gasteiger partial charge >= 0.3 is 0 Å². The summed E-state index contributed by atoms with van der Waals surface area (Å²) in [4.78, 5) is 33.9. The molecule has 1 aliphatic rings. The molecular formula is C23H22N6OS2. The van der Waals surface area contributed by atoms with Crippen LogP contribution in [0.2, 0.25) is 0 Å². The zero-order chi connectivity index (χ0) is 21.9. The van der Waals surface area contributed by atoms with Gasteiger partial charge in [-0.2, -0.15) is 0 Å². The first-order valence-electron chi connectivity index (χ1n) is 10.4. The first kappa shape index (κ1) is 21.0. The van der Waals surface area contributed by atoms with Crippen molar-refractivity contribution < 1.29 is 4.79 Å². The Bertz CT molecular complexity index is 1240. The summed E-state index contributed by atoms with van der Waals surface area (Å²) in [6, 6.07) is 9.32. The monoisotopic (exact) mass is 462 g/mol. The number of likely N-dealkylation sites (tertiary alicyclic amines) is 1. The molecule has 0 bridgehead atoms. The summed E-state index contributed by atoms with van der Waals surface area (Å²) in [6.07, 6.45) is 7.49. The van der Waals surface area contributed by atoms with E-state index in [2.05, 4.69) is 32.2 Å². The summed E-state index contributed by atoms with van der Waals surface area (Å²) in [6.45, 7) is 2.20. The third-order valence-electron chi connectivity index (χ3n) is 5.45. The molecule has 7 nitrogen and oxygen atoms in total. The zero-order valence-electron chi connectivity index (χ0n) is 17.6. The van der Waals surface area contributed by atoms with Crippen LogP contribution in [0.5, 0.6) is 0 Å². The van der Waals surface area contributed by atoms with Crippen LogP contribution in [0.3, 0.4) is 0 Å². The molecular weight excluding hydrogens is 440 g/mol. The van der Waals surface area contributed by atoms with Gasteiger partial charge in [-0.05, 0) is 57.2 Å². The fourth-order valence-electron chi connectivity index (χ4n) is 3.64. The van der Waals surface area contributed by atoms with Crippen LogP contribution in [0.25, 0.3) is 21.5 Å². The van der Waals surface area contributed by atoms with Gasteiger partial charge < -0.3 is 10.2 Å². The van der Waals surface area contributed by atoms with Crippen LogP contribution < -0.4 is 5.32 Å². The van der Waals surface area contributed by atoms with E-state index in [0.29, 0.717) is 16.6 Å². The predicted molar refractivity (Wildman–Crippen MR) is 129 cm³/mol. The lowest BCUT2D eigenvalue weighted by atomic mass is 10.1. The number of carbonyl (C=O) groups excluding carboxylic acids is 1. The van der Waals surface area contributed by atoms with Crippen LogP contribution in [-0.4, -0.2) is 56.1 Å². The van der Waals surface area contributed by atoms with E-state index >= 15 is 0 Å². The number of hydrogen-bond donors (Lipinski definition) is 1. The summed E-state index contributed by atoms with van der Waals surface area (Å²) < 4.78 is 0. The van der Waals surface area contributed by atoms with Crippen molar-refractivity contribution in [2.45, 2.75) is 23.1 Å². The Morgan fingerprint density at radius 1 is 1.16 bits per heavy atom. The average Bonchev–Trinajstić information content (AvgIpc) is 3.35. The number of rotatable bonds is 5. The van der Waals surface area contributed by atoms with Crippen LogP contribution in [0.4, 0.5) is 5.82 Å². The van der Waals surface area contributed by atoms with Gasteiger partial charge in [0.05, 0.1) is 26.6 Å². The molecule has 1 saturated heterocycles. The number of amides is 1. The number of fused-ring (bicyclic) bond motifs is 1. The fourth-order valence-corrected chi connectivity index (χ4v) is 5.34. The minimum Gasteiger partial charge on any atom is -0.306 e. The van der Waals surface area contributed by atoms with Crippen LogP contribution >= 0.6 is 23.1 Å². The Kier molecular flexibility index (Phi) is 6.11. The maximum atomic E-state index is 12.9. The molecule has 0 saturated carbocycles. The zero-order valence-corrected chi connectivity index (χ0v) is 19.2. The van der Waals surface area contributed by atoms with Crippen molar-refractivity contribution in [2.24, 2.45) is 0 Å². The first-order valence-corrected chi connectivity index (χ1v) is 12.2. The standard InChI is InChI=1S/C23H22N6OS2/c1-29-8-5-17(6-9-29)32-22-10-15(4-7-25-22)23(30)28-21-11-19-16(12-26-21)2-3-18(27-19)20-13-24-14-31-20/h2-4,7,10-14,17H,5-6,8-9H2,1H3,(H,26,28,30). The van der Waals surface area contributed by atoms with Crippen LogP contribution in [0, 0.1) is 0 Å². The molecule has 162 valence electrons. The molecule has 0 aromatic carbocycles. The summed E-state index contributed by atoms with van der Waals surface area (Å²) in [5, 5.41) is 5.24. The third kappa shape index (κ3) is 4.79. The van der Waals surface area contributed by atoms with Crippen molar-refractivity contribution in [2.75, 3.05) is 25.5 Å². The van der Waals surface area contributed by atoms with Crippen molar-refractivity contribution in [3.8, 4) is 10.6 Å². The second-order valence-electron chi connectivity index (χ2n) is 7.78. The molecule has 0 radical (unpaired) electrons. The molecule has 5 heterocycles. The number of nitrogens with one attached hydrogen (secondary N) is 1. The third-order valence-corrected chi connectivity index (χ3v) is 7.52. The van der Waals surface area contributed by atoms with Crippen molar-refractivity contribution in [1.29, 1.82) is 0 Å². The highest BCUT2D eigenvalue weighted by Gasteiger charge is 2.19. The summed E-state index contributed by atoms with van der Waals surface area (Å²) >= 11 is 3.30. The first-order chi connectivity index (χ1) is 15.6. The van der Waals surface area contributed by atoms with Gasteiger partial charge in [0, 0.05) is 40.9 Å². The number of pyridine rings is 3. The number of thioether (sulfide) groups is 1. The molecule has 1 aliphatic heterocycles. The maximum Gasteiger partial charge on any atom is 0.256 e.